The van der Waals surface area contributed by atoms with Crippen molar-refractivity contribution in [1.82, 2.24) is 24.9 Å². The van der Waals surface area contributed by atoms with E-state index in [-0.39, 0.29) is 30.4 Å². The number of nitrogens with one attached hydrogen (secondary N) is 1. The third-order valence-corrected chi connectivity index (χ3v) is 6.39. The first kappa shape index (κ1) is 20.3. The molecule has 0 aliphatic carbocycles. The van der Waals surface area contributed by atoms with Crippen LogP contribution < -0.4 is 5.32 Å². The Labute approximate surface area is 173 Å². The number of rotatable bonds is 6. The highest BCUT2D eigenvalue weighted by Gasteiger charge is 2.56. The summed E-state index contributed by atoms with van der Waals surface area (Å²) in [6.07, 6.45) is 2.66. The number of urea groups is 1. The van der Waals surface area contributed by atoms with Crippen molar-refractivity contribution >= 4 is 11.9 Å². The number of carbonyl (C=O) groups excluding carboxylic acids is 2. The topological polar surface area (TPSA) is 59.1 Å². The van der Waals surface area contributed by atoms with Crippen LogP contribution in [0.3, 0.4) is 0 Å². The van der Waals surface area contributed by atoms with Crippen molar-refractivity contribution in [1.29, 1.82) is 0 Å². The van der Waals surface area contributed by atoms with Crippen LogP contribution in [0.2, 0.25) is 0 Å². The molecule has 4 rings (SSSR count). The molecular formula is C22H33N5O2. The number of imide groups is 1. The highest BCUT2D eigenvalue weighted by molar-refractivity contribution is 6.00. The van der Waals surface area contributed by atoms with Crippen LogP contribution in [0.25, 0.3) is 0 Å². The summed E-state index contributed by atoms with van der Waals surface area (Å²) in [5.41, 5.74) is 1.26. The van der Waals surface area contributed by atoms with Gasteiger partial charge in [0.15, 0.2) is 0 Å². The summed E-state index contributed by atoms with van der Waals surface area (Å²) in [6.45, 7) is 7.54. The Morgan fingerprint density at radius 3 is 2.59 bits per heavy atom. The fraction of sp³-hybridized carbons (Fsp3) is 0.636. The van der Waals surface area contributed by atoms with Gasteiger partial charge >= 0.3 is 6.03 Å². The molecule has 1 aromatic rings. The number of unbranched alkanes of at least 4 members (excludes halogenated alkanes) is 2. The van der Waals surface area contributed by atoms with E-state index >= 15 is 0 Å². The van der Waals surface area contributed by atoms with Gasteiger partial charge in [0.25, 0.3) is 5.91 Å². The van der Waals surface area contributed by atoms with Crippen LogP contribution >= 0.6 is 0 Å². The monoisotopic (exact) mass is 399 g/mol. The minimum atomic E-state index is -0.314. The Hall–Kier alpha value is -1.96. The average Bonchev–Trinajstić information content (AvgIpc) is 3.09. The van der Waals surface area contributed by atoms with E-state index < -0.39 is 0 Å². The fourth-order valence-corrected chi connectivity index (χ4v) is 4.98. The molecular weight excluding hydrogens is 366 g/mol. The van der Waals surface area contributed by atoms with Gasteiger partial charge in [0.05, 0.1) is 0 Å². The lowest BCUT2D eigenvalue weighted by atomic mass is 10.0. The lowest BCUT2D eigenvalue weighted by molar-refractivity contribution is -0.140. The van der Waals surface area contributed by atoms with Crippen LogP contribution in [0.4, 0.5) is 4.79 Å². The molecule has 0 spiro atoms. The molecule has 3 saturated heterocycles. The summed E-state index contributed by atoms with van der Waals surface area (Å²) < 4.78 is 0. The Morgan fingerprint density at radius 1 is 1.10 bits per heavy atom. The molecule has 0 radical (unpaired) electrons. The molecule has 3 amide bonds. The third kappa shape index (κ3) is 3.79. The number of hydrogen-bond acceptors (Lipinski definition) is 5. The number of benzene rings is 1. The van der Waals surface area contributed by atoms with Gasteiger partial charge in [0, 0.05) is 33.2 Å². The van der Waals surface area contributed by atoms with Crippen LogP contribution in [0, 0.1) is 5.92 Å². The zero-order valence-electron chi connectivity index (χ0n) is 17.8. The first-order valence-electron chi connectivity index (χ1n) is 10.9. The number of hydrogen-bond donors (Lipinski definition) is 1. The average molecular weight is 400 g/mol. The molecule has 0 aromatic heterocycles. The van der Waals surface area contributed by atoms with E-state index in [2.05, 4.69) is 53.2 Å². The molecule has 0 saturated carbocycles. The van der Waals surface area contributed by atoms with Crippen LogP contribution in [-0.4, -0.2) is 76.7 Å². The lowest BCUT2D eigenvalue weighted by Crippen LogP contribution is -2.66. The van der Waals surface area contributed by atoms with E-state index in [4.69, 9.17) is 0 Å². The lowest BCUT2D eigenvalue weighted by Gasteiger charge is -2.45. The quantitative estimate of drug-likeness (QED) is 0.743. The van der Waals surface area contributed by atoms with Crippen molar-refractivity contribution in [3.63, 3.8) is 0 Å². The number of carbonyl (C=O) groups is 2. The summed E-state index contributed by atoms with van der Waals surface area (Å²) in [6, 6.07) is 9.94. The largest absolute Gasteiger partial charge is 0.327 e. The molecule has 7 heteroatoms. The summed E-state index contributed by atoms with van der Waals surface area (Å²) in [4.78, 5) is 34.1. The minimum absolute atomic E-state index is 0.0313. The SMILES string of the molecule is CCCCCN1C(=O)C2C(NC3N(Cc4ccccc4)CC(C)CN23)N(C)C1=O. The van der Waals surface area contributed by atoms with Crippen LogP contribution in [0.1, 0.15) is 38.7 Å². The Kier molecular flexibility index (Phi) is 5.90. The van der Waals surface area contributed by atoms with E-state index in [1.807, 2.05) is 13.1 Å². The van der Waals surface area contributed by atoms with Gasteiger partial charge in [0.2, 0.25) is 0 Å². The van der Waals surface area contributed by atoms with Crippen molar-refractivity contribution < 1.29 is 9.59 Å². The van der Waals surface area contributed by atoms with Gasteiger partial charge in [-0.05, 0) is 17.9 Å². The van der Waals surface area contributed by atoms with Gasteiger partial charge in [-0.2, -0.15) is 0 Å². The molecule has 4 atom stereocenters. The number of nitrogens with zero attached hydrogens (tertiary/aromatic N) is 4. The van der Waals surface area contributed by atoms with Gasteiger partial charge < -0.3 is 4.90 Å². The highest BCUT2D eigenvalue weighted by Crippen LogP contribution is 2.32. The smallest absolute Gasteiger partial charge is 0.310 e. The second-order valence-electron chi connectivity index (χ2n) is 8.74. The zero-order chi connectivity index (χ0) is 20.5. The summed E-state index contributed by atoms with van der Waals surface area (Å²) in [5.74, 6) is 0.415. The van der Waals surface area contributed by atoms with Gasteiger partial charge in [-0.15, -0.1) is 0 Å². The molecule has 7 nitrogen and oxygen atoms in total. The molecule has 29 heavy (non-hydrogen) atoms. The predicted molar refractivity (Wildman–Crippen MR) is 112 cm³/mol. The van der Waals surface area contributed by atoms with Crippen LogP contribution in [-0.2, 0) is 11.3 Å². The molecule has 158 valence electrons. The van der Waals surface area contributed by atoms with Crippen molar-refractivity contribution in [2.75, 3.05) is 26.7 Å². The summed E-state index contributed by atoms with van der Waals surface area (Å²) in [7, 11) is 1.82. The summed E-state index contributed by atoms with van der Waals surface area (Å²) in [5, 5.41) is 3.59. The second kappa shape index (κ2) is 8.42. The first-order chi connectivity index (χ1) is 14.0. The van der Waals surface area contributed by atoms with Gasteiger partial charge in [-0.3, -0.25) is 24.8 Å². The van der Waals surface area contributed by atoms with Crippen molar-refractivity contribution in [2.45, 2.75) is 58.2 Å². The first-order valence-corrected chi connectivity index (χ1v) is 10.9. The predicted octanol–water partition coefficient (Wildman–Crippen LogP) is 2.11. The molecule has 4 unspecified atom stereocenters. The normalized spacial score (nSPS) is 30.6. The van der Waals surface area contributed by atoms with Gasteiger partial charge in [-0.25, -0.2) is 4.79 Å². The van der Waals surface area contributed by atoms with Gasteiger partial charge in [0.1, 0.15) is 18.5 Å². The molecule has 3 fully saturated rings. The summed E-state index contributed by atoms with van der Waals surface area (Å²) >= 11 is 0. The van der Waals surface area contributed by atoms with E-state index in [1.165, 1.54) is 10.5 Å². The van der Waals surface area contributed by atoms with Crippen LogP contribution in [0.15, 0.2) is 30.3 Å². The van der Waals surface area contributed by atoms with Gasteiger partial charge in [-0.1, -0.05) is 57.0 Å². The maximum atomic E-state index is 13.4. The van der Waals surface area contributed by atoms with E-state index in [1.54, 1.807) is 4.90 Å². The highest BCUT2D eigenvalue weighted by atomic mass is 16.2. The van der Waals surface area contributed by atoms with Crippen LogP contribution in [0.5, 0.6) is 0 Å². The van der Waals surface area contributed by atoms with Crippen molar-refractivity contribution in [3.05, 3.63) is 35.9 Å². The third-order valence-electron chi connectivity index (χ3n) is 6.39. The minimum Gasteiger partial charge on any atom is -0.310 e. The fourth-order valence-electron chi connectivity index (χ4n) is 4.98. The Morgan fingerprint density at radius 2 is 1.86 bits per heavy atom. The second-order valence-corrected chi connectivity index (χ2v) is 8.74. The molecule has 1 N–H and O–H groups in total. The standard InChI is InChI=1S/C22H33N5O2/c1-4-5-9-12-26-20(28)18-19(24(3)22(26)29)23-21-25(13-16(2)14-27(18)21)15-17-10-7-6-8-11-17/h6-8,10-11,16,18-19,21,23H,4-5,9,12-15H2,1-3H3. The number of likely N-dealkylation sites (N-methyl/N-ethyl adjacent to an activating group) is 1. The van der Waals surface area contributed by atoms with E-state index in [9.17, 15) is 9.59 Å². The number of amides is 3. The molecule has 3 aliphatic heterocycles. The van der Waals surface area contributed by atoms with Crippen molar-refractivity contribution in [3.8, 4) is 0 Å². The van der Waals surface area contributed by atoms with Crippen molar-refractivity contribution in [2.24, 2.45) is 5.92 Å². The molecule has 1 aromatic carbocycles. The molecule has 0 bridgehead atoms. The zero-order valence-corrected chi connectivity index (χ0v) is 17.8. The van der Waals surface area contributed by atoms with E-state index in [0.29, 0.717) is 12.5 Å². The Bertz CT molecular complexity index is 742. The maximum Gasteiger partial charge on any atom is 0.327 e. The molecule has 3 aliphatic rings. The molecule has 3 heterocycles. The number of fused-ring (bicyclic) bond motifs is 3. The maximum absolute atomic E-state index is 13.4. The Balaban J connectivity index is 1.56. The van der Waals surface area contributed by atoms with E-state index in [0.717, 1.165) is 38.9 Å².